The predicted molar refractivity (Wildman–Crippen MR) is 71.9 cm³/mol. The molecule has 0 bridgehead atoms. The lowest BCUT2D eigenvalue weighted by Gasteiger charge is -2.34. The highest BCUT2D eigenvalue weighted by Gasteiger charge is 2.38. The summed E-state index contributed by atoms with van der Waals surface area (Å²) in [6.45, 7) is 5.64. The second-order valence-corrected chi connectivity index (χ2v) is 5.77. The van der Waals surface area contributed by atoms with Gasteiger partial charge in [-0.2, -0.15) is 0 Å². The molecule has 3 rings (SSSR count). The van der Waals surface area contributed by atoms with E-state index < -0.39 is 0 Å². The number of amides is 1. The molecular formula is C15H20N2O2. The number of fused-ring (bicyclic) bond motifs is 1. The third kappa shape index (κ3) is 2.50. The van der Waals surface area contributed by atoms with Gasteiger partial charge in [0, 0.05) is 25.5 Å². The number of carbonyl (C=O) groups is 1. The van der Waals surface area contributed by atoms with Crippen LogP contribution in [0.4, 0.5) is 0 Å². The Morgan fingerprint density at radius 2 is 2.32 bits per heavy atom. The maximum Gasteiger partial charge on any atom is 0.255 e. The Bertz CT molecular complexity index is 489. The molecule has 0 aliphatic carbocycles. The van der Waals surface area contributed by atoms with Crippen molar-refractivity contribution < 1.29 is 9.53 Å². The molecule has 3 heterocycles. The summed E-state index contributed by atoms with van der Waals surface area (Å²) in [5.74, 6) is 0.715. The van der Waals surface area contributed by atoms with Crippen LogP contribution in [0.15, 0.2) is 18.5 Å². The second-order valence-electron chi connectivity index (χ2n) is 5.77. The molecule has 102 valence electrons. The molecule has 0 saturated carbocycles. The summed E-state index contributed by atoms with van der Waals surface area (Å²) in [4.78, 5) is 18.5. The van der Waals surface area contributed by atoms with E-state index in [1.807, 2.05) is 17.9 Å². The molecule has 3 atom stereocenters. The number of hydrogen-bond acceptors (Lipinski definition) is 3. The van der Waals surface area contributed by atoms with Gasteiger partial charge in [-0.05, 0) is 44.2 Å². The highest BCUT2D eigenvalue weighted by atomic mass is 16.5. The summed E-state index contributed by atoms with van der Waals surface area (Å²) < 4.78 is 5.90. The fourth-order valence-electron chi connectivity index (χ4n) is 3.21. The molecule has 1 aromatic rings. The average molecular weight is 260 g/mol. The largest absolute Gasteiger partial charge is 0.373 e. The van der Waals surface area contributed by atoms with E-state index in [1.165, 1.54) is 0 Å². The molecule has 0 unspecified atom stereocenters. The smallest absolute Gasteiger partial charge is 0.255 e. The summed E-state index contributed by atoms with van der Waals surface area (Å²) in [7, 11) is 0. The first-order valence-corrected chi connectivity index (χ1v) is 7.00. The van der Waals surface area contributed by atoms with Gasteiger partial charge in [0.25, 0.3) is 5.91 Å². The molecular weight excluding hydrogens is 240 g/mol. The number of likely N-dealkylation sites (tertiary alicyclic amines) is 1. The van der Waals surface area contributed by atoms with Crippen LogP contribution in [0.25, 0.3) is 0 Å². The molecule has 0 aromatic carbocycles. The molecule has 1 aromatic heterocycles. The zero-order valence-corrected chi connectivity index (χ0v) is 11.5. The lowest BCUT2D eigenvalue weighted by Crippen LogP contribution is -2.45. The lowest BCUT2D eigenvalue weighted by molar-refractivity contribution is 0.00155. The highest BCUT2D eigenvalue weighted by molar-refractivity contribution is 5.94. The van der Waals surface area contributed by atoms with Crippen LogP contribution in [0.5, 0.6) is 0 Å². The first kappa shape index (κ1) is 12.6. The number of aryl methyl sites for hydroxylation is 1. The number of rotatable bonds is 1. The van der Waals surface area contributed by atoms with Gasteiger partial charge < -0.3 is 9.64 Å². The Labute approximate surface area is 113 Å². The van der Waals surface area contributed by atoms with Crippen molar-refractivity contribution in [3.63, 3.8) is 0 Å². The Balaban J connectivity index is 1.71. The number of aromatic nitrogens is 1. The van der Waals surface area contributed by atoms with E-state index in [0.717, 1.165) is 31.5 Å². The van der Waals surface area contributed by atoms with Gasteiger partial charge in [0.15, 0.2) is 0 Å². The summed E-state index contributed by atoms with van der Waals surface area (Å²) in [5.41, 5.74) is 1.70. The molecule has 0 radical (unpaired) electrons. The molecule has 1 amide bonds. The van der Waals surface area contributed by atoms with E-state index in [0.29, 0.717) is 17.6 Å². The molecule has 2 aliphatic heterocycles. The van der Waals surface area contributed by atoms with E-state index in [2.05, 4.69) is 11.9 Å². The summed E-state index contributed by atoms with van der Waals surface area (Å²) in [6, 6.07) is 1.90. The Morgan fingerprint density at radius 3 is 3.11 bits per heavy atom. The number of piperidine rings is 1. The number of nitrogens with zero attached hydrogens (tertiary/aromatic N) is 2. The number of hydrogen-bond donors (Lipinski definition) is 0. The van der Waals surface area contributed by atoms with Crippen molar-refractivity contribution in [1.29, 1.82) is 0 Å². The molecule has 4 heteroatoms. The zero-order chi connectivity index (χ0) is 13.4. The molecule has 2 fully saturated rings. The topological polar surface area (TPSA) is 42.4 Å². The van der Waals surface area contributed by atoms with Gasteiger partial charge >= 0.3 is 0 Å². The van der Waals surface area contributed by atoms with Gasteiger partial charge in [0.05, 0.1) is 17.8 Å². The lowest BCUT2D eigenvalue weighted by atomic mass is 9.92. The van der Waals surface area contributed by atoms with E-state index >= 15 is 0 Å². The normalized spacial score (nSPS) is 30.2. The summed E-state index contributed by atoms with van der Waals surface area (Å²) in [6.07, 6.45) is 6.18. The van der Waals surface area contributed by atoms with Gasteiger partial charge in [0.1, 0.15) is 0 Å². The van der Waals surface area contributed by atoms with Crippen molar-refractivity contribution in [1.82, 2.24) is 9.88 Å². The first-order valence-electron chi connectivity index (χ1n) is 7.00. The fraction of sp³-hybridized carbons (Fsp3) is 0.600. The summed E-state index contributed by atoms with van der Waals surface area (Å²) >= 11 is 0. The third-order valence-electron chi connectivity index (χ3n) is 4.15. The molecule has 2 saturated heterocycles. The summed E-state index contributed by atoms with van der Waals surface area (Å²) in [5, 5.41) is 0. The van der Waals surface area contributed by atoms with Crippen molar-refractivity contribution >= 4 is 5.91 Å². The maximum atomic E-state index is 12.5. The van der Waals surface area contributed by atoms with Crippen LogP contribution < -0.4 is 0 Å². The van der Waals surface area contributed by atoms with Crippen molar-refractivity contribution in [2.75, 3.05) is 13.1 Å². The van der Waals surface area contributed by atoms with Gasteiger partial charge in [-0.3, -0.25) is 9.78 Å². The van der Waals surface area contributed by atoms with Crippen LogP contribution >= 0.6 is 0 Å². The van der Waals surface area contributed by atoms with Crippen molar-refractivity contribution in [2.45, 2.75) is 38.9 Å². The minimum absolute atomic E-state index is 0.0813. The van der Waals surface area contributed by atoms with Crippen LogP contribution in [0.2, 0.25) is 0 Å². The monoisotopic (exact) mass is 260 g/mol. The second kappa shape index (κ2) is 4.93. The quantitative estimate of drug-likeness (QED) is 0.776. The van der Waals surface area contributed by atoms with Crippen LogP contribution in [0.3, 0.4) is 0 Å². The molecule has 4 nitrogen and oxygen atoms in total. The molecule has 0 spiro atoms. The molecule has 19 heavy (non-hydrogen) atoms. The predicted octanol–water partition coefficient (Wildman–Crippen LogP) is 2.03. The number of carbonyl (C=O) groups excluding carboxylic acids is 1. The van der Waals surface area contributed by atoms with E-state index in [-0.39, 0.29) is 12.0 Å². The van der Waals surface area contributed by atoms with E-state index in [9.17, 15) is 4.79 Å². The molecule has 0 N–H and O–H groups in total. The van der Waals surface area contributed by atoms with Crippen LogP contribution in [0, 0.1) is 12.8 Å². The van der Waals surface area contributed by atoms with Gasteiger partial charge in [-0.25, -0.2) is 0 Å². The maximum absolute atomic E-state index is 12.5. The molecule has 2 aliphatic rings. The average Bonchev–Trinajstić information content (AvgIpc) is 2.76. The Hall–Kier alpha value is -1.42. The third-order valence-corrected chi connectivity index (χ3v) is 4.15. The van der Waals surface area contributed by atoms with Crippen LogP contribution in [-0.4, -0.2) is 41.1 Å². The van der Waals surface area contributed by atoms with Crippen molar-refractivity contribution in [3.8, 4) is 0 Å². The van der Waals surface area contributed by atoms with Gasteiger partial charge in [0.2, 0.25) is 0 Å². The van der Waals surface area contributed by atoms with Gasteiger partial charge in [-0.1, -0.05) is 0 Å². The van der Waals surface area contributed by atoms with E-state index in [4.69, 9.17) is 4.74 Å². The highest BCUT2D eigenvalue weighted by Crippen LogP contribution is 2.33. The SMILES string of the molecule is Cc1cncc(C(=O)N2CC[C@@H]3C[C@H](C)O[C@H]3C2)c1. The van der Waals surface area contributed by atoms with Crippen LogP contribution in [0.1, 0.15) is 35.7 Å². The van der Waals surface area contributed by atoms with Crippen molar-refractivity contribution in [3.05, 3.63) is 29.6 Å². The zero-order valence-electron chi connectivity index (χ0n) is 11.5. The standard InChI is InChI=1S/C15H20N2O2/c1-10-5-13(8-16-7-10)15(18)17-4-3-12-6-11(2)19-14(12)9-17/h5,7-8,11-12,14H,3-4,6,9H2,1-2H3/t11-,12+,14-/m0/s1. The Kier molecular flexibility index (Phi) is 3.27. The van der Waals surface area contributed by atoms with Crippen molar-refractivity contribution in [2.24, 2.45) is 5.92 Å². The first-order chi connectivity index (χ1) is 9.13. The van der Waals surface area contributed by atoms with Crippen LogP contribution in [-0.2, 0) is 4.74 Å². The number of pyridine rings is 1. The van der Waals surface area contributed by atoms with Gasteiger partial charge in [-0.15, -0.1) is 0 Å². The van der Waals surface area contributed by atoms with E-state index in [1.54, 1.807) is 12.4 Å². The fourth-order valence-corrected chi connectivity index (χ4v) is 3.21. The Morgan fingerprint density at radius 1 is 1.47 bits per heavy atom. The minimum atomic E-state index is 0.0813. The number of ether oxygens (including phenoxy) is 1. The minimum Gasteiger partial charge on any atom is -0.373 e.